The summed E-state index contributed by atoms with van der Waals surface area (Å²) in [5, 5.41) is 3.52. The molecule has 0 amide bonds. The number of fused-ring (bicyclic) bond motifs is 3. The van der Waals surface area contributed by atoms with Crippen molar-refractivity contribution in [1.29, 1.82) is 0 Å². The van der Waals surface area contributed by atoms with E-state index in [9.17, 15) is 4.79 Å². The molecule has 4 nitrogen and oxygen atoms in total. The summed E-state index contributed by atoms with van der Waals surface area (Å²) in [4.78, 5) is 19.6. The van der Waals surface area contributed by atoms with Crippen molar-refractivity contribution in [3.8, 4) is 0 Å². The molecule has 0 aliphatic heterocycles. The molecule has 0 saturated carbocycles. The average Bonchev–Trinajstić information content (AvgIpc) is 3.05. The summed E-state index contributed by atoms with van der Waals surface area (Å²) in [6, 6.07) is 10.8. The first-order valence-electron chi connectivity index (χ1n) is 10.4. The molecule has 2 aromatic heterocycles. The van der Waals surface area contributed by atoms with Crippen molar-refractivity contribution in [3.05, 3.63) is 68.1 Å². The molecule has 0 fully saturated rings. The zero-order valence-electron chi connectivity index (χ0n) is 17.0. The van der Waals surface area contributed by atoms with Gasteiger partial charge in [-0.2, -0.15) is 0 Å². The Balaban J connectivity index is 1.47. The van der Waals surface area contributed by atoms with Gasteiger partial charge in [-0.1, -0.05) is 38.1 Å². The van der Waals surface area contributed by atoms with Crippen molar-refractivity contribution < 1.29 is 0 Å². The van der Waals surface area contributed by atoms with Crippen LogP contribution in [0.2, 0.25) is 0 Å². The van der Waals surface area contributed by atoms with Crippen molar-refractivity contribution in [3.63, 3.8) is 0 Å². The Kier molecular flexibility index (Phi) is 5.65. The maximum absolute atomic E-state index is 12.7. The highest BCUT2D eigenvalue weighted by Crippen LogP contribution is 2.28. The molecule has 1 aromatic carbocycles. The molecule has 0 radical (unpaired) electrons. The summed E-state index contributed by atoms with van der Waals surface area (Å²) in [7, 11) is 0. The lowest BCUT2D eigenvalue weighted by Gasteiger charge is -2.15. The Morgan fingerprint density at radius 3 is 2.64 bits per heavy atom. The van der Waals surface area contributed by atoms with E-state index in [2.05, 4.69) is 50.4 Å². The van der Waals surface area contributed by atoms with Gasteiger partial charge < -0.3 is 5.32 Å². The summed E-state index contributed by atoms with van der Waals surface area (Å²) >= 11 is 1.69. The summed E-state index contributed by atoms with van der Waals surface area (Å²) in [6.45, 7) is 7.25. The molecule has 5 heteroatoms. The van der Waals surface area contributed by atoms with E-state index in [0.717, 1.165) is 29.9 Å². The van der Waals surface area contributed by atoms with Gasteiger partial charge in [0.05, 0.1) is 5.69 Å². The maximum atomic E-state index is 12.7. The normalized spacial score (nSPS) is 15.1. The minimum absolute atomic E-state index is 0.0619. The van der Waals surface area contributed by atoms with Crippen LogP contribution in [-0.4, -0.2) is 9.38 Å². The van der Waals surface area contributed by atoms with Crippen LogP contribution in [0.5, 0.6) is 0 Å². The molecule has 1 aliphatic carbocycles. The van der Waals surface area contributed by atoms with Crippen LogP contribution in [0.15, 0.2) is 35.1 Å². The monoisotopic (exact) mass is 395 g/mol. The maximum Gasteiger partial charge on any atom is 0.259 e. The van der Waals surface area contributed by atoms with Crippen LogP contribution in [0.4, 0.5) is 0 Å². The fraction of sp³-hybridized carbons (Fsp3) is 0.478. The van der Waals surface area contributed by atoms with Gasteiger partial charge in [-0.05, 0) is 56.1 Å². The SMILES string of the molecule is CC(C)Cc1ccc([C@@H](C)NCc2cc(=O)n3c4c(sc3n2)CCCC4)cc1. The Morgan fingerprint density at radius 1 is 1.14 bits per heavy atom. The van der Waals surface area contributed by atoms with Gasteiger partial charge in [-0.3, -0.25) is 9.20 Å². The molecule has 1 atom stereocenters. The summed E-state index contributed by atoms with van der Waals surface area (Å²) < 4.78 is 1.83. The molecule has 1 N–H and O–H groups in total. The van der Waals surface area contributed by atoms with E-state index in [1.807, 2.05) is 4.40 Å². The molecule has 2 heterocycles. The van der Waals surface area contributed by atoms with Crippen molar-refractivity contribution in [2.75, 3.05) is 0 Å². The summed E-state index contributed by atoms with van der Waals surface area (Å²) in [6.07, 6.45) is 5.58. The predicted molar refractivity (Wildman–Crippen MR) is 116 cm³/mol. The molecule has 0 saturated heterocycles. The van der Waals surface area contributed by atoms with Gasteiger partial charge in [0.25, 0.3) is 5.56 Å². The van der Waals surface area contributed by atoms with Gasteiger partial charge in [0.1, 0.15) is 0 Å². The molecule has 4 rings (SSSR count). The lowest BCUT2D eigenvalue weighted by molar-refractivity contribution is 0.566. The van der Waals surface area contributed by atoms with Crippen LogP contribution >= 0.6 is 11.3 Å². The highest BCUT2D eigenvalue weighted by Gasteiger charge is 2.18. The Morgan fingerprint density at radius 2 is 1.89 bits per heavy atom. The third-order valence-corrected chi connectivity index (χ3v) is 6.67. The minimum atomic E-state index is 0.0619. The molecule has 28 heavy (non-hydrogen) atoms. The van der Waals surface area contributed by atoms with E-state index in [1.165, 1.54) is 34.5 Å². The average molecular weight is 396 g/mol. The quantitative estimate of drug-likeness (QED) is 0.659. The lowest BCUT2D eigenvalue weighted by atomic mass is 10.00. The van der Waals surface area contributed by atoms with Gasteiger partial charge >= 0.3 is 0 Å². The predicted octanol–water partition coefficient (Wildman–Crippen LogP) is 4.68. The molecule has 3 aromatic rings. The number of thiazole rings is 1. The topological polar surface area (TPSA) is 46.4 Å². The van der Waals surface area contributed by atoms with E-state index < -0.39 is 0 Å². The largest absolute Gasteiger partial charge is 0.305 e. The molecule has 0 bridgehead atoms. The Labute approximate surface area is 170 Å². The fourth-order valence-electron chi connectivity index (χ4n) is 4.02. The molecular formula is C23H29N3OS. The van der Waals surface area contributed by atoms with Crippen LogP contribution in [0.3, 0.4) is 0 Å². The molecule has 0 spiro atoms. The number of nitrogens with zero attached hydrogens (tertiary/aromatic N) is 2. The zero-order chi connectivity index (χ0) is 19.7. The minimum Gasteiger partial charge on any atom is -0.305 e. The highest BCUT2D eigenvalue weighted by atomic mass is 32.1. The van der Waals surface area contributed by atoms with Crippen LogP contribution in [0.25, 0.3) is 4.96 Å². The second-order valence-electron chi connectivity index (χ2n) is 8.32. The van der Waals surface area contributed by atoms with Gasteiger partial charge in [0.2, 0.25) is 0 Å². The molecular weight excluding hydrogens is 366 g/mol. The fourth-order valence-corrected chi connectivity index (χ4v) is 5.25. The van der Waals surface area contributed by atoms with Crippen molar-refractivity contribution in [2.24, 2.45) is 5.92 Å². The van der Waals surface area contributed by atoms with Gasteiger partial charge in [0, 0.05) is 29.2 Å². The van der Waals surface area contributed by atoms with Gasteiger partial charge in [-0.15, -0.1) is 11.3 Å². The number of aromatic nitrogens is 2. The van der Waals surface area contributed by atoms with Crippen LogP contribution in [0.1, 0.15) is 67.0 Å². The number of benzene rings is 1. The molecule has 148 valence electrons. The van der Waals surface area contributed by atoms with Crippen LogP contribution < -0.4 is 10.9 Å². The second kappa shape index (κ2) is 8.18. The van der Waals surface area contributed by atoms with E-state index in [1.54, 1.807) is 17.4 Å². The van der Waals surface area contributed by atoms with E-state index in [-0.39, 0.29) is 11.6 Å². The Hall–Kier alpha value is -1.98. The third-order valence-electron chi connectivity index (χ3n) is 5.53. The van der Waals surface area contributed by atoms with E-state index >= 15 is 0 Å². The van der Waals surface area contributed by atoms with E-state index in [0.29, 0.717) is 12.5 Å². The first kappa shape index (κ1) is 19.3. The van der Waals surface area contributed by atoms with Crippen LogP contribution in [0, 0.1) is 5.92 Å². The van der Waals surface area contributed by atoms with Crippen LogP contribution in [-0.2, 0) is 25.8 Å². The number of nitrogens with one attached hydrogen (secondary N) is 1. The number of hydrogen-bond donors (Lipinski definition) is 1. The second-order valence-corrected chi connectivity index (χ2v) is 9.39. The smallest absolute Gasteiger partial charge is 0.259 e. The standard InChI is InChI=1S/C23H29N3OS/c1-15(2)12-17-8-10-18(11-9-17)16(3)24-14-19-13-22(27)26-20-6-4-5-7-21(20)28-23(26)25-19/h8-11,13,15-16,24H,4-7,12,14H2,1-3H3/t16-/m1/s1. The van der Waals surface area contributed by atoms with E-state index in [4.69, 9.17) is 4.98 Å². The first-order valence-corrected chi connectivity index (χ1v) is 11.2. The first-order chi connectivity index (χ1) is 13.5. The molecule has 1 aliphatic rings. The summed E-state index contributed by atoms with van der Waals surface area (Å²) in [5.41, 5.74) is 4.72. The van der Waals surface area contributed by atoms with Crippen molar-refractivity contribution in [2.45, 2.75) is 65.5 Å². The molecule has 0 unspecified atom stereocenters. The zero-order valence-corrected chi connectivity index (χ0v) is 17.8. The number of aryl methyl sites for hydroxylation is 2. The van der Waals surface area contributed by atoms with Gasteiger partial charge in [0.15, 0.2) is 4.96 Å². The van der Waals surface area contributed by atoms with Gasteiger partial charge in [-0.25, -0.2) is 4.98 Å². The number of rotatable bonds is 6. The third kappa shape index (κ3) is 4.06. The number of hydrogen-bond acceptors (Lipinski definition) is 4. The summed E-state index contributed by atoms with van der Waals surface area (Å²) in [5.74, 6) is 0.671. The highest BCUT2D eigenvalue weighted by molar-refractivity contribution is 7.17. The lowest BCUT2D eigenvalue weighted by Crippen LogP contribution is -2.22. The van der Waals surface area contributed by atoms with Crippen molar-refractivity contribution in [1.82, 2.24) is 14.7 Å². The Bertz CT molecular complexity index is 1020. The van der Waals surface area contributed by atoms with Crippen molar-refractivity contribution >= 4 is 16.3 Å².